The van der Waals surface area contributed by atoms with Crippen molar-refractivity contribution < 1.29 is 4.79 Å². The summed E-state index contributed by atoms with van der Waals surface area (Å²) >= 11 is 0. The quantitative estimate of drug-likeness (QED) is 0.630. The van der Waals surface area contributed by atoms with Gasteiger partial charge in [-0.1, -0.05) is 45.0 Å². The van der Waals surface area contributed by atoms with Crippen LogP contribution in [0.4, 0.5) is 10.5 Å². The third kappa shape index (κ3) is 3.05. The zero-order valence-corrected chi connectivity index (χ0v) is 15.4. The summed E-state index contributed by atoms with van der Waals surface area (Å²) in [5, 5.41) is 6.04. The minimum Gasteiger partial charge on any atom is -0.345 e. The summed E-state index contributed by atoms with van der Waals surface area (Å²) in [6.45, 7) is 6.67. The number of carbonyl (C=O) groups excluding carboxylic acids is 1. The molecule has 1 atom stereocenters. The SMILES string of the molecule is CC(C)(C)c1ccc2c(c1)CC[C@H]2NC(=O)Nc1cccc2[nH]cnc12. The van der Waals surface area contributed by atoms with Gasteiger partial charge in [0.15, 0.2) is 0 Å². The van der Waals surface area contributed by atoms with Crippen LogP contribution in [0.15, 0.2) is 42.7 Å². The molecular formula is C21H24N4O. The fourth-order valence-corrected chi connectivity index (χ4v) is 3.62. The van der Waals surface area contributed by atoms with E-state index in [4.69, 9.17) is 0 Å². The summed E-state index contributed by atoms with van der Waals surface area (Å²) in [7, 11) is 0. The van der Waals surface area contributed by atoms with Crippen LogP contribution in [-0.4, -0.2) is 16.0 Å². The van der Waals surface area contributed by atoms with Crippen molar-refractivity contribution in [1.29, 1.82) is 0 Å². The highest BCUT2D eigenvalue weighted by Gasteiger charge is 2.26. The van der Waals surface area contributed by atoms with Crippen molar-refractivity contribution >= 4 is 22.8 Å². The Bertz CT molecular complexity index is 968. The van der Waals surface area contributed by atoms with E-state index >= 15 is 0 Å². The first-order valence-corrected chi connectivity index (χ1v) is 9.05. The fraction of sp³-hybridized carbons (Fsp3) is 0.333. The second kappa shape index (κ2) is 6.16. The number of imidazole rings is 1. The lowest BCUT2D eigenvalue weighted by atomic mass is 9.85. The summed E-state index contributed by atoms with van der Waals surface area (Å²) in [6.07, 6.45) is 3.57. The van der Waals surface area contributed by atoms with Crippen molar-refractivity contribution in [3.63, 3.8) is 0 Å². The summed E-state index contributed by atoms with van der Waals surface area (Å²) in [5.41, 5.74) is 6.44. The molecule has 1 aliphatic rings. The molecule has 5 heteroatoms. The molecule has 0 saturated heterocycles. The summed E-state index contributed by atoms with van der Waals surface area (Å²) in [4.78, 5) is 19.8. The Kier molecular flexibility index (Phi) is 3.94. The number of amides is 2. The lowest BCUT2D eigenvalue weighted by molar-refractivity contribution is 0.248. The van der Waals surface area contributed by atoms with Gasteiger partial charge in [-0.15, -0.1) is 0 Å². The van der Waals surface area contributed by atoms with Crippen LogP contribution in [0.2, 0.25) is 0 Å². The van der Waals surface area contributed by atoms with Crippen molar-refractivity contribution in [3.05, 3.63) is 59.4 Å². The number of hydrogen-bond donors (Lipinski definition) is 3. The second-order valence-electron chi connectivity index (χ2n) is 7.96. The summed E-state index contributed by atoms with van der Waals surface area (Å²) < 4.78 is 0. The molecule has 4 rings (SSSR count). The van der Waals surface area contributed by atoms with Crippen molar-refractivity contribution in [2.24, 2.45) is 0 Å². The molecule has 1 aromatic heterocycles. The summed E-state index contributed by atoms with van der Waals surface area (Å²) in [5.74, 6) is 0. The molecule has 0 unspecified atom stereocenters. The highest BCUT2D eigenvalue weighted by molar-refractivity contribution is 5.98. The number of nitrogens with zero attached hydrogens (tertiary/aromatic N) is 1. The Morgan fingerprint density at radius 1 is 1.23 bits per heavy atom. The topological polar surface area (TPSA) is 69.8 Å². The van der Waals surface area contributed by atoms with Crippen molar-refractivity contribution in [3.8, 4) is 0 Å². The maximum absolute atomic E-state index is 12.5. The molecule has 1 heterocycles. The van der Waals surface area contributed by atoms with E-state index in [0.29, 0.717) is 5.69 Å². The molecular weight excluding hydrogens is 324 g/mol. The van der Waals surface area contributed by atoms with E-state index in [1.165, 1.54) is 16.7 Å². The van der Waals surface area contributed by atoms with Crippen LogP contribution in [0.5, 0.6) is 0 Å². The molecule has 134 valence electrons. The lowest BCUT2D eigenvalue weighted by Crippen LogP contribution is -2.31. The molecule has 26 heavy (non-hydrogen) atoms. The van der Waals surface area contributed by atoms with Crippen molar-refractivity contribution in [2.75, 3.05) is 5.32 Å². The first-order valence-electron chi connectivity index (χ1n) is 9.05. The van der Waals surface area contributed by atoms with Gasteiger partial charge >= 0.3 is 6.03 Å². The Hall–Kier alpha value is -2.82. The van der Waals surface area contributed by atoms with E-state index < -0.39 is 0 Å². The molecule has 0 bridgehead atoms. The number of aryl methyl sites for hydroxylation is 1. The van der Waals surface area contributed by atoms with Gasteiger partial charge in [0.2, 0.25) is 0 Å². The fourth-order valence-electron chi connectivity index (χ4n) is 3.62. The van der Waals surface area contributed by atoms with Crippen LogP contribution in [0.25, 0.3) is 11.0 Å². The number of benzene rings is 2. The molecule has 2 aromatic carbocycles. The predicted molar refractivity (Wildman–Crippen MR) is 104 cm³/mol. The van der Waals surface area contributed by atoms with E-state index in [2.05, 4.69) is 59.6 Å². The molecule has 1 aliphatic carbocycles. The lowest BCUT2D eigenvalue weighted by Gasteiger charge is -2.21. The first-order chi connectivity index (χ1) is 12.4. The number of aromatic amines is 1. The highest BCUT2D eigenvalue weighted by atomic mass is 16.2. The monoisotopic (exact) mass is 348 g/mol. The van der Waals surface area contributed by atoms with E-state index in [0.717, 1.165) is 23.9 Å². The smallest absolute Gasteiger partial charge is 0.319 e. The Balaban J connectivity index is 1.49. The molecule has 3 N–H and O–H groups in total. The number of hydrogen-bond acceptors (Lipinski definition) is 2. The Morgan fingerprint density at radius 3 is 2.88 bits per heavy atom. The third-order valence-corrected chi connectivity index (χ3v) is 5.09. The predicted octanol–water partition coefficient (Wildman–Crippen LogP) is 4.67. The van der Waals surface area contributed by atoms with Crippen LogP contribution in [0.3, 0.4) is 0 Å². The highest BCUT2D eigenvalue weighted by Crippen LogP contribution is 2.34. The number of carbonyl (C=O) groups is 1. The number of rotatable bonds is 2. The van der Waals surface area contributed by atoms with Crippen molar-refractivity contribution in [1.82, 2.24) is 15.3 Å². The molecule has 2 amide bonds. The number of aromatic nitrogens is 2. The Morgan fingerprint density at radius 2 is 2.08 bits per heavy atom. The van der Waals surface area contributed by atoms with Gasteiger partial charge in [-0.25, -0.2) is 9.78 Å². The molecule has 3 aromatic rings. The molecule has 5 nitrogen and oxygen atoms in total. The molecule has 0 spiro atoms. The molecule has 0 aliphatic heterocycles. The van der Waals surface area contributed by atoms with E-state index in [9.17, 15) is 4.79 Å². The van der Waals surface area contributed by atoms with E-state index in [1.54, 1.807) is 6.33 Å². The maximum Gasteiger partial charge on any atom is 0.319 e. The van der Waals surface area contributed by atoms with Gasteiger partial charge in [-0.3, -0.25) is 0 Å². The van der Waals surface area contributed by atoms with Gasteiger partial charge in [0.25, 0.3) is 0 Å². The standard InChI is InChI=1S/C21H24N4O/c1-21(2,3)14-8-9-15-13(11-14)7-10-16(15)24-20(26)25-18-6-4-5-17-19(18)23-12-22-17/h4-6,8-9,11-12,16H,7,10H2,1-3H3,(H,22,23)(H2,24,25,26)/t16-/m1/s1. The van der Waals surface area contributed by atoms with E-state index in [1.807, 2.05) is 18.2 Å². The maximum atomic E-state index is 12.5. The third-order valence-electron chi connectivity index (χ3n) is 5.09. The average molecular weight is 348 g/mol. The molecule has 0 fully saturated rings. The zero-order valence-electron chi connectivity index (χ0n) is 15.4. The van der Waals surface area contributed by atoms with E-state index in [-0.39, 0.29) is 17.5 Å². The van der Waals surface area contributed by atoms with Gasteiger partial charge in [-0.2, -0.15) is 0 Å². The average Bonchev–Trinajstić information content (AvgIpc) is 3.21. The van der Waals surface area contributed by atoms with Gasteiger partial charge in [-0.05, 0) is 47.1 Å². The normalized spacial score (nSPS) is 16.5. The Labute approximate surface area is 153 Å². The number of nitrogens with one attached hydrogen (secondary N) is 3. The first kappa shape index (κ1) is 16.6. The van der Waals surface area contributed by atoms with Crippen LogP contribution in [0, 0.1) is 0 Å². The van der Waals surface area contributed by atoms with Gasteiger partial charge in [0, 0.05) is 0 Å². The van der Waals surface area contributed by atoms with Gasteiger partial charge in [0.05, 0.1) is 23.6 Å². The van der Waals surface area contributed by atoms with Crippen molar-refractivity contribution in [2.45, 2.75) is 45.1 Å². The number of anilines is 1. The number of para-hydroxylation sites is 1. The second-order valence-corrected chi connectivity index (χ2v) is 7.96. The van der Waals surface area contributed by atoms with Gasteiger partial charge in [0.1, 0.15) is 5.52 Å². The number of urea groups is 1. The zero-order chi connectivity index (χ0) is 18.3. The molecule has 0 saturated carbocycles. The number of H-pyrrole nitrogens is 1. The minimum absolute atomic E-state index is 0.0532. The number of fused-ring (bicyclic) bond motifs is 2. The largest absolute Gasteiger partial charge is 0.345 e. The molecule has 0 radical (unpaired) electrons. The van der Waals surface area contributed by atoms with Crippen LogP contribution < -0.4 is 10.6 Å². The minimum atomic E-state index is -0.196. The van der Waals surface area contributed by atoms with Crippen LogP contribution in [-0.2, 0) is 11.8 Å². The summed E-state index contributed by atoms with van der Waals surface area (Å²) in [6, 6.07) is 12.2. The van der Waals surface area contributed by atoms with Crippen LogP contribution >= 0.6 is 0 Å². The van der Waals surface area contributed by atoms with Crippen LogP contribution in [0.1, 0.15) is 49.9 Å². The van der Waals surface area contributed by atoms with Gasteiger partial charge < -0.3 is 15.6 Å².